The number of ether oxygens (including phenoxy) is 1. The van der Waals surface area contributed by atoms with Gasteiger partial charge in [0, 0.05) is 10.7 Å². The van der Waals surface area contributed by atoms with E-state index in [0.717, 1.165) is 27.7 Å². The van der Waals surface area contributed by atoms with Crippen LogP contribution in [-0.2, 0) is 9.05 Å². The maximum Gasteiger partial charge on any atom is 0.272 e. The number of halogens is 1. The first-order valence-electron chi connectivity index (χ1n) is 6.40. The molecule has 0 radical (unpaired) electrons. The lowest BCUT2D eigenvalue weighted by atomic mass is 10.0. The molecule has 7 heteroatoms. The molecule has 0 aliphatic rings. The molecule has 0 aliphatic heterocycles. The summed E-state index contributed by atoms with van der Waals surface area (Å²) >= 11 is 1.05. The highest BCUT2D eigenvalue weighted by Crippen LogP contribution is 2.41. The van der Waals surface area contributed by atoms with Gasteiger partial charge in [0.15, 0.2) is 4.21 Å². The number of benzene rings is 2. The molecule has 0 amide bonds. The molecule has 0 saturated carbocycles. The Hall–Kier alpha value is -1.63. The zero-order chi connectivity index (χ0) is 15.9. The number of hydrogen-bond acceptors (Lipinski definition) is 5. The van der Waals surface area contributed by atoms with Gasteiger partial charge in [-0.3, -0.25) is 0 Å². The summed E-state index contributed by atoms with van der Waals surface area (Å²) in [6.45, 7) is 1.63. The van der Waals surface area contributed by atoms with Crippen LogP contribution >= 0.6 is 22.0 Å². The van der Waals surface area contributed by atoms with E-state index < -0.39 is 9.05 Å². The first-order chi connectivity index (χ1) is 10.4. The first kappa shape index (κ1) is 15.3. The number of aromatic nitrogens is 1. The van der Waals surface area contributed by atoms with Crippen LogP contribution in [0, 0.1) is 6.92 Å². The van der Waals surface area contributed by atoms with Crippen LogP contribution in [0.3, 0.4) is 0 Å². The van der Waals surface area contributed by atoms with Crippen LogP contribution in [0.15, 0.2) is 40.6 Å². The molecule has 0 atom stereocenters. The van der Waals surface area contributed by atoms with E-state index in [2.05, 4.69) is 4.98 Å². The summed E-state index contributed by atoms with van der Waals surface area (Å²) in [6.07, 6.45) is 0. The van der Waals surface area contributed by atoms with Crippen molar-refractivity contribution in [3.8, 4) is 16.3 Å². The molecule has 1 heterocycles. The molecule has 3 aromatic rings. The lowest BCUT2D eigenvalue weighted by molar-refractivity contribution is 0.417. The minimum atomic E-state index is -3.81. The molecule has 114 valence electrons. The highest BCUT2D eigenvalue weighted by molar-refractivity contribution is 8.15. The number of methoxy groups -OCH3 is 1. The van der Waals surface area contributed by atoms with Crippen molar-refractivity contribution >= 4 is 41.8 Å². The number of nitrogens with zero attached hydrogens (tertiary/aromatic N) is 1. The molecule has 3 rings (SSSR count). The second-order valence-electron chi connectivity index (χ2n) is 4.69. The maximum absolute atomic E-state index is 11.6. The molecule has 0 spiro atoms. The fourth-order valence-corrected chi connectivity index (χ4v) is 4.87. The Morgan fingerprint density at radius 2 is 1.91 bits per heavy atom. The van der Waals surface area contributed by atoms with Gasteiger partial charge in [-0.15, -0.1) is 11.3 Å². The van der Waals surface area contributed by atoms with Gasteiger partial charge < -0.3 is 4.74 Å². The molecule has 1 aromatic heterocycles. The van der Waals surface area contributed by atoms with E-state index in [1.807, 2.05) is 36.4 Å². The summed E-state index contributed by atoms with van der Waals surface area (Å²) in [5.41, 5.74) is 1.17. The Bertz CT molecular complexity index is 964. The van der Waals surface area contributed by atoms with Crippen LogP contribution < -0.4 is 4.74 Å². The van der Waals surface area contributed by atoms with Gasteiger partial charge in [-0.1, -0.05) is 30.3 Å². The van der Waals surface area contributed by atoms with Gasteiger partial charge in [0.2, 0.25) is 0 Å². The van der Waals surface area contributed by atoms with Crippen LogP contribution in [0.5, 0.6) is 5.75 Å². The zero-order valence-electron chi connectivity index (χ0n) is 11.8. The summed E-state index contributed by atoms with van der Waals surface area (Å²) in [5.74, 6) is 0.644. The molecular weight excluding hydrogens is 342 g/mol. The standard InChI is InChI=1S/C15H12ClNO3S2/c1-9-15(22(16,18)19)21-14(17-9)13-11-6-4-3-5-10(11)7-8-12(13)20-2/h3-8H,1-2H3. The second kappa shape index (κ2) is 5.53. The van der Waals surface area contributed by atoms with Crippen molar-refractivity contribution in [2.45, 2.75) is 11.1 Å². The van der Waals surface area contributed by atoms with Crippen LogP contribution in [0.2, 0.25) is 0 Å². The van der Waals surface area contributed by atoms with Crippen molar-refractivity contribution in [2.75, 3.05) is 7.11 Å². The molecule has 0 saturated heterocycles. The Balaban J connectivity index is 2.35. The molecule has 0 N–H and O–H groups in total. The third-order valence-electron chi connectivity index (χ3n) is 3.30. The van der Waals surface area contributed by atoms with Crippen molar-refractivity contribution in [2.24, 2.45) is 0 Å². The van der Waals surface area contributed by atoms with Gasteiger partial charge in [0.25, 0.3) is 9.05 Å². The predicted octanol–water partition coefficient (Wildman–Crippen LogP) is 4.21. The predicted molar refractivity (Wildman–Crippen MR) is 89.4 cm³/mol. The van der Waals surface area contributed by atoms with E-state index in [0.29, 0.717) is 16.5 Å². The summed E-state index contributed by atoms with van der Waals surface area (Å²) < 4.78 is 28.7. The SMILES string of the molecule is COc1ccc2ccccc2c1-c1nc(C)c(S(=O)(=O)Cl)s1. The van der Waals surface area contributed by atoms with Crippen LogP contribution in [-0.4, -0.2) is 20.5 Å². The van der Waals surface area contributed by atoms with Crippen LogP contribution in [0.25, 0.3) is 21.3 Å². The van der Waals surface area contributed by atoms with Crippen molar-refractivity contribution in [1.82, 2.24) is 4.98 Å². The van der Waals surface area contributed by atoms with E-state index in [9.17, 15) is 8.42 Å². The summed E-state index contributed by atoms with van der Waals surface area (Å²) in [4.78, 5) is 4.38. The fourth-order valence-electron chi connectivity index (χ4n) is 2.36. The van der Waals surface area contributed by atoms with E-state index >= 15 is 0 Å². The lowest BCUT2D eigenvalue weighted by Crippen LogP contribution is -1.89. The van der Waals surface area contributed by atoms with Crippen LogP contribution in [0.1, 0.15) is 5.69 Å². The van der Waals surface area contributed by atoms with E-state index in [1.165, 1.54) is 0 Å². The Morgan fingerprint density at radius 1 is 1.18 bits per heavy atom. The molecule has 0 bridgehead atoms. The third kappa shape index (κ3) is 2.58. The number of rotatable bonds is 3. The molecular formula is C15H12ClNO3S2. The number of hydrogen-bond donors (Lipinski definition) is 0. The van der Waals surface area contributed by atoms with Crippen molar-refractivity contribution in [3.63, 3.8) is 0 Å². The third-order valence-corrected chi connectivity index (χ3v) is 6.65. The Labute approximate surface area is 136 Å². The van der Waals surface area contributed by atoms with Crippen molar-refractivity contribution < 1.29 is 13.2 Å². The maximum atomic E-state index is 11.6. The van der Waals surface area contributed by atoms with Crippen molar-refractivity contribution in [1.29, 1.82) is 0 Å². The summed E-state index contributed by atoms with van der Waals surface area (Å²) in [6, 6.07) is 11.6. The van der Waals surface area contributed by atoms with Gasteiger partial charge in [-0.05, 0) is 23.8 Å². The Kier molecular flexibility index (Phi) is 3.84. The minimum absolute atomic E-state index is 0.0687. The lowest BCUT2D eigenvalue weighted by Gasteiger charge is -2.09. The van der Waals surface area contributed by atoms with Crippen LogP contribution in [0.4, 0.5) is 0 Å². The topological polar surface area (TPSA) is 56.3 Å². The minimum Gasteiger partial charge on any atom is -0.496 e. The number of aryl methyl sites for hydroxylation is 1. The highest BCUT2D eigenvalue weighted by Gasteiger charge is 2.22. The smallest absolute Gasteiger partial charge is 0.272 e. The van der Waals surface area contributed by atoms with E-state index in [-0.39, 0.29) is 4.21 Å². The quantitative estimate of drug-likeness (QED) is 0.662. The van der Waals surface area contributed by atoms with Gasteiger partial charge >= 0.3 is 0 Å². The number of fused-ring (bicyclic) bond motifs is 1. The van der Waals surface area contributed by atoms with E-state index in [4.69, 9.17) is 15.4 Å². The highest BCUT2D eigenvalue weighted by atomic mass is 35.7. The zero-order valence-corrected chi connectivity index (χ0v) is 14.2. The monoisotopic (exact) mass is 353 g/mol. The molecule has 0 fully saturated rings. The molecule has 4 nitrogen and oxygen atoms in total. The molecule has 2 aromatic carbocycles. The molecule has 22 heavy (non-hydrogen) atoms. The first-order valence-corrected chi connectivity index (χ1v) is 9.52. The number of thiazole rings is 1. The second-order valence-corrected chi connectivity index (χ2v) is 8.45. The average Bonchev–Trinajstić information content (AvgIpc) is 2.87. The van der Waals surface area contributed by atoms with Gasteiger partial charge in [-0.25, -0.2) is 13.4 Å². The largest absolute Gasteiger partial charge is 0.496 e. The van der Waals surface area contributed by atoms with Crippen molar-refractivity contribution in [3.05, 3.63) is 42.1 Å². The average molecular weight is 354 g/mol. The van der Waals surface area contributed by atoms with E-state index in [1.54, 1.807) is 14.0 Å². The Morgan fingerprint density at radius 3 is 2.55 bits per heavy atom. The van der Waals surface area contributed by atoms with Gasteiger partial charge in [0.05, 0.1) is 18.4 Å². The summed E-state index contributed by atoms with van der Waals surface area (Å²) in [5, 5.41) is 2.56. The normalized spacial score (nSPS) is 11.8. The summed E-state index contributed by atoms with van der Waals surface area (Å²) in [7, 11) is 3.24. The van der Waals surface area contributed by atoms with Gasteiger partial charge in [-0.2, -0.15) is 0 Å². The molecule has 0 unspecified atom stereocenters. The molecule has 0 aliphatic carbocycles. The fraction of sp³-hybridized carbons (Fsp3) is 0.133. The van der Waals surface area contributed by atoms with Gasteiger partial charge in [0.1, 0.15) is 10.8 Å².